The SMILES string of the molecule is CN=C(NCC(C1CC1)N(C)C)NC1CCN(c2ccc(C)cc2)C1. The first kappa shape index (κ1) is 18.1. The molecule has 0 spiro atoms. The highest BCUT2D eigenvalue weighted by molar-refractivity contribution is 5.80. The summed E-state index contributed by atoms with van der Waals surface area (Å²) in [4.78, 5) is 9.22. The van der Waals surface area contributed by atoms with Gasteiger partial charge < -0.3 is 20.4 Å². The fraction of sp³-hybridized carbons (Fsp3) is 0.650. The van der Waals surface area contributed by atoms with Crippen molar-refractivity contribution in [1.29, 1.82) is 0 Å². The minimum absolute atomic E-state index is 0.450. The van der Waals surface area contributed by atoms with Crippen LogP contribution in [0.15, 0.2) is 29.3 Å². The van der Waals surface area contributed by atoms with Crippen LogP contribution < -0.4 is 15.5 Å². The van der Waals surface area contributed by atoms with E-state index in [1.54, 1.807) is 0 Å². The molecule has 0 aromatic heterocycles. The summed E-state index contributed by atoms with van der Waals surface area (Å²) in [5, 5.41) is 7.15. The molecule has 1 aliphatic heterocycles. The van der Waals surface area contributed by atoms with Gasteiger partial charge in [0.05, 0.1) is 0 Å². The molecule has 0 amide bonds. The molecule has 2 aliphatic rings. The van der Waals surface area contributed by atoms with Crippen LogP contribution in [-0.4, -0.2) is 63.7 Å². The lowest BCUT2D eigenvalue weighted by molar-refractivity contribution is 0.264. The van der Waals surface area contributed by atoms with Gasteiger partial charge in [0, 0.05) is 44.5 Å². The molecular formula is C20H33N5. The zero-order chi connectivity index (χ0) is 17.8. The second kappa shape index (κ2) is 8.09. The maximum absolute atomic E-state index is 4.43. The number of nitrogens with one attached hydrogen (secondary N) is 2. The minimum atomic E-state index is 0.450. The Morgan fingerprint density at radius 1 is 1.24 bits per heavy atom. The fourth-order valence-electron chi connectivity index (χ4n) is 3.71. The third-order valence-electron chi connectivity index (χ3n) is 5.46. The molecular weight excluding hydrogens is 310 g/mol. The first-order valence-corrected chi connectivity index (χ1v) is 9.52. The highest BCUT2D eigenvalue weighted by Crippen LogP contribution is 2.34. The van der Waals surface area contributed by atoms with Crippen LogP contribution in [0, 0.1) is 12.8 Å². The predicted molar refractivity (Wildman–Crippen MR) is 106 cm³/mol. The number of nitrogens with zero attached hydrogens (tertiary/aromatic N) is 3. The largest absolute Gasteiger partial charge is 0.369 e. The Hall–Kier alpha value is -1.75. The van der Waals surface area contributed by atoms with Crippen LogP contribution in [0.1, 0.15) is 24.8 Å². The van der Waals surface area contributed by atoms with Gasteiger partial charge in [0.2, 0.25) is 0 Å². The first-order valence-electron chi connectivity index (χ1n) is 9.52. The Balaban J connectivity index is 1.48. The molecule has 1 aliphatic carbocycles. The molecule has 1 saturated carbocycles. The summed E-state index contributed by atoms with van der Waals surface area (Å²) >= 11 is 0. The van der Waals surface area contributed by atoms with Gasteiger partial charge in [-0.25, -0.2) is 0 Å². The van der Waals surface area contributed by atoms with E-state index >= 15 is 0 Å². The molecule has 2 N–H and O–H groups in total. The van der Waals surface area contributed by atoms with Crippen molar-refractivity contribution in [2.24, 2.45) is 10.9 Å². The van der Waals surface area contributed by atoms with Gasteiger partial charge in [0.25, 0.3) is 0 Å². The molecule has 1 saturated heterocycles. The number of hydrogen-bond acceptors (Lipinski definition) is 3. The standard InChI is InChI=1S/C20H33N5/c1-15-5-9-18(10-6-15)25-12-11-17(14-25)23-20(21-2)22-13-19(24(3)4)16-7-8-16/h5-6,9-10,16-17,19H,7-8,11-14H2,1-4H3,(H2,21,22,23). The summed E-state index contributed by atoms with van der Waals surface area (Å²) in [6.07, 6.45) is 3.88. The van der Waals surface area contributed by atoms with Crippen molar-refractivity contribution in [3.63, 3.8) is 0 Å². The molecule has 1 aromatic carbocycles. The quantitative estimate of drug-likeness (QED) is 0.613. The van der Waals surface area contributed by atoms with Crippen molar-refractivity contribution in [2.75, 3.05) is 45.7 Å². The van der Waals surface area contributed by atoms with Crippen LogP contribution in [0.25, 0.3) is 0 Å². The van der Waals surface area contributed by atoms with E-state index in [2.05, 4.69) is 70.7 Å². The smallest absolute Gasteiger partial charge is 0.191 e. The number of aryl methyl sites for hydroxylation is 1. The van der Waals surface area contributed by atoms with Crippen molar-refractivity contribution >= 4 is 11.6 Å². The lowest BCUT2D eigenvalue weighted by Gasteiger charge is -2.26. The highest BCUT2D eigenvalue weighted by Gasteiger charge is 2.32. The number of rotatable bonds is 6. The summed E-state index contributed by atoms with van der Waals surface area (Å²) in [5.41, 5.74) is 2.63. The molecule has 2 atom stereocenters. The van der Waals surface area contributed by atoms with Gasteiger partial charge in [-0.15, -0.1) is 0 Å². The Morgan fingerprint density at radius 2 is 1.96 bits per heavy atom. The normalized spacial score (nSPS) is 22.4. The lowest BCUT2D eigenvalue weighted by atomic mass is 10.1. The second-order valence-corrected chi connectivity index (χ2v) is 7.73. The average Bonchev–Trinajstić information content (AvgIpc) is 3.32. The van der Waals surface area contributed by atoms with E-state index in [1.165, 1.54) is 24.1 Å². The van der Waals surface area contributed by atoms with Crippen LogP contribution in [0.5, 0.6) is 0 Å². The van der Waals surface area contributed by atoms with Crippen LogP contribution >= 0.6 is 0 Å². The second-order valence-electron chi connectivity index (χ2n) is 7.73. The van der Waals surface area contributed by atoms with E-state index in [0.29, 0.717) is 12.1 Å². The molecule has 1 heterocycles. The molecule has 138 valence electrons. The van der Waals surface area contributed by atoms with Gasteiger partial charge in [0.1, 0.15) is 0 Å². The monoisotopic (exact) mass is 343 g/mol. The Labute approximate surface area is 152 Å². The molecule has 2 unspecified atom stereocenters. The summed E-state index contributed by atoms with van der Waals surface area (Å²) in [7, 11) is 6.22. The van der Waals surface area contributed by atoms with Gasteiger partial charge in [0.15, 0.2) is 5.96 Å². The van der Waals surface area contributed by atoms with E-state index in [-0.39, 0.29) is 0 Å². The van der Waals surface area contributed by atoms with Crippen molar-refractivity contribution < 1.29 is 0 Å². The topological polar surface area (TPSA) is 42.9 Å². The predicted octanol–water partition coefficient (Wildman–Crippen LogP) is 2.08. The summed E-state index contributed by atoms with van der Waals surface area (Å²) in [6, 6.07) is 9.88. The number of guanidine groups is 1. The van der Waals surface area contributed by atoms with E-state index in [4.69, 9.17) is 0 Å². The zero-order valence-corrected chi connectivity index (χ0v) is 16.1. The number of benzene rings is 1. The fourth-order valence-corrected chi connectivity index (χ4v) is 3.71. The third-order valence-corrected chi connectivity index (χ3v) is 5.46. The van der Waals surface area contributed by atoms with Gasteiger partial charge in [-0.1, -0.05) is 17.7 Å². The van der Waals surface area contributed by atoms with Crippen molar-refractivity contribution in [3.8, 4) is 0 Å². The minimum Gasteiger partial charge on any atom is -0.369 e. The van der Waals surface area contributed by atoms with E-state index in [9.17, 15) is 0 Å². The van der Waals surface area contributed by atoms with Crippen molar-refractivity contribution in [3.05, 3.63) is 29.8 Å². The molecule has 0 radical (unpaired) electrons. The average molecular weight is 344 g/mol. The highest BCUT2D eigenvalue weighted by atomic mass is 15.3. The lowest BCUT2D eigenvalue weighted by Crippen LogP contribution is -2.49. The number of aliphatic imine (C=N–C) groups is 1. The number of hydrogen-bond donors (Lipinski definition) is 2. The summed E-state index contributed by atoms with van der Waals surface area (Å²) in [6.45, 7) is 5.23. The number of likely N-dealkylation sites (N-methyl/N-ethyl adjacent to an activating group) is 1. The molecule has 0 bridgehead atoms. The maximum atomic E-state index is 4.43. The first-order chi connectivity index (χ1) is 12.1. The van der Waals surface area contributed by atoms with E-state index in [1.807, 2.05) is 7.05 Å². The molecule has 5 heteroatoms. The summed E-state index contributed by atoms with van der Waals surface area (Å²) < 4.78 is 0. The number of anilines is 1. The van der Waals surface area contributed by atoms with Crippen LogP contribution in [-0.2, 0) is 0 Å². The summed E-state index contributed by atoms with van der Waals surface area (Å²) in [5.74, 6) is 1.78. The molecule has 25 heavy (non-hydrogen) atoms. The Morgan fingerprint density at radius 3 is 2.56 bits per heavy atom. The van der Waals surface area contributed by atoms with Gasteiger partial charge in [-0.3, -0.25) is 4.99 Å². The molecule has 5 nitrogen and oxygen atoms in total. The van der Waals surface area contributed by atoms with Crippen LogP contribution in [0.2, 0.25) is 0 Å². The molecule has 1 aromatic rings. The molecule has 3 rings (SSSR count). The third kappa shape index (κ3) is 4.88. The van der Waals surface area contributed by atoms with Gasteiger partial charge in [-0.2, -0.15) is 0 Å². The zero-order valence-electron chi connectivity index (χ0n) is 16.1. The van der Waals surface area contributed by atoms with Crippen LogP contribution in [0.4, 0.5) is 5.69 Å². The molecule has 2 fully saturated rings. The Bertz CT molecular complexity index is 574. The van der Waals surface area contributed by atoms with Crippen LogP contribution in [0.3, 0.4) is 0 Å². The maximum Gasteiger partial charge on any atom is 0.191 e. The van der Waals surface area contributed by atoms with E-state index < -0.39 is 0 Å². The van der Waals surface area contributed by atoms with Gasteiger partial charge >= 0.3 is 0 Å². The van der Waals surface area contributed by atoms with Crippen molar-refractivity contribution in [1.82, 2.24) is 15.5 Å². The Kier molecular flexibility index (Phi) is 5.84. The van der Waals surface area contributed by atoms with Gasteiger partial charge in [-0.05, 0) is 58.3 Å². The van der Waals surface area contributed by atoms with Crippen molar-refractivity contribution in [2.45, 2.75) is 38.3 Å². The van der Waals surface area contributed by atoms with E-state index in [0.717, 1.165) is 37.9 Å².